The number of halogens is 1. The van der Waals surface area contributed by atoms with Crippen molar-refractivity contribution < 1.29 is 0 Å². The Morgan fingerprint density at radius 3 is 2.65 bits per heavy atom. The van der Waals surface area contributed by atoms with Crippen LogP contribution in [-0.4, -0.2) is 44.0 Å². The highest BCUT2D eigenvalue weighted by Gasteiger charge is 2.23. The van der Waals surface area contributed by atoms with Gasteiger partial charge in [-0.1, -0.05) is 11.3 Å². The molecular weight excluding hydrogens is 348 g/mol. The van der Waals surface area contributed by atoms with Crippen molar-refractivity contribution in [3.8, 4) is 0 Å². The first-order valence-electron chi connectivity index (χ1n) is 9.29. The Morgan fingerprint density at radius 1 is 1.15 bits per heavy atom. The molecule has 0 spiro atoms. The lowest BCUT2D eigenvalue weighted by atomic mass is 10.1. The van der Waals surface area contributed by atoms with Crippen molar-refractivity contribution in [2.45, 2.75) is 64.7 Å². The molecule has 144 valence electrons. The number of nitrogens with one attached hydrogen (secondary N) is 1. The van der Waals surface area contributed by atoms with Crippen molar-refractivity contribution >= 4 is 12.4 Å². The van der Waals surface area contributed by atoms with Crippen molar-refractivity contribution in [3.05, 3.63) is 42.0 Å². The van der Waals surface area contributed by atoms with Crippen LogP contribution in [0.3, 0.4) is 0 Å². The molecule has 1 aliphatic heterocycles. The molecule has 1 N–H and O–H groups in total. The summed E-state index contributed by atoms with van der Waals surface area (Å²) in [5, 5.41) is 12.3. The van der Waals surface area contributed by atoms with Crippen LogP contribution < -0.4 is 5.32 Å². The predicted octanol–water partition coefficient (Wildman–Crippen LogP) is 2.99. The molecule has 1 aliphatic rings. The highest BCUT2D eigenvalue weighted by molar-refractivity contribution is 5.85. The minimum Gasteiger partial charge on any atom is -0.317 e. The van der Waals surface area contributed by atoms with Crippen LogP contribution in [-0.2, 0) is 18.6 Å². The third-order valence-corrected chi connectivity index (χ3v) is 4.75. The van der Waals surface area contributed by atoms with Gasteiger partial charge >= 0.3 is 0 Å². The first-order valence-corrected chi connectivity index (χ1v) is 9.29. The highest BCUT2D eigenvalue weighted by Crippen LogP contribution is 2.19. The van der Waals surface area contributed by atoms with E-state index in [9.17, 15) is 0 Å². The van der Waals surface area contributed by atoms with Gasteiger partial charge in [0.2, 0.25) is 0 Å². The summed E-state index contributed by atoms with van der Waals surface area (Å²) in [6.45, 7) is 10.3. The quantitative estimate of drug-likeness (QED) is 0.866. The van der Waals surface area contributed by atoms with Gasteiger partial charge in [0.1, 0.15) is 0 Å². The van der Waals surface area contributed by atoms with E-state index in [-0.39, 0.29) is 17.9 Å². The molecule has 1 unspecified atom stereocenters. The number of rotatable bonds is 5. The van der Waals surface area contributed by atoms with E-state index < -0.39 is 0 Å². The Hall–Kier alpha value is -1.50. The molecule has 2 aromatic rings. The molecule has 0 aliphatic carbocycles. The molecule has 26 heavy (non-hydrogen) atoms. The summed E-state index contributed by atoms with van der Waals surface area (Å²) >= 11 is 0. The van der Waals surface area contributed by atoms with Gasteiger partial charge in [-0.05, 0) is 65.3 Å². The topological polar surface area (TPSA) is 58.9 Å². The summed E-state index contributed by atoms with van der Waals surface area (Å²) in [6, 6.07) is 6.69. The van der Waals surface area contributed by atoms with Gasteiger partial charge in [0.15, 0.2) is 0 Å². The number of nitrogens with zero attached hydrogens (tertiary/aromatic N) is 5. The van der Waals surface area contributed by atoms with Gasteiger partial charge in [0, 0.05) is 25.3 Å². The first kappa shape index (κ1) is 20.8. The lowest BCUT2D eigenvalue weighted by Crippen LogP contribution is -2.35. The van der Waals surface area contributed by atoms with Crippen LogP contribution in [0.4, 0.5) is 0 Å². The molecule has 7 heteroatoms. The molecule has 3 rings (SSSR count). The summed E-state index contributed by atoms with van der Waals surface area (Å²) in [7, 11) is 0. The number of pyridine rings is 1. The van der Waals surface area contributed by atoms with Crippen molar-refractivity contribution in [3.63, 3.8) is 0 Å². The lowest BCUT2D eigenvalue weighted by Gasteiger charge is -2.30. The van der Waals surface area contributed by atoms with Crippen LogP contribution in [0.2, 0.25) is 0 Å². The van der Waals surface area contributed by atoms with E-state index in [0.29, 0.717) is 6.04 Å². The zero-order valence-corrected chi connectivity index (χ0v) is 16.9. The van der Waals surface area contributed by atoms with Crippen LogP contribution in [0.1, 0.15) is 51.4 Å². The van der Waals surface area contributed by atoms with Crippen LogP contribution in [0.5, 0.6) is 0 Å². The third-order valence-electron chi connectivity index (χ3n) is 4.75. The Morgan fingerprint density at radius 2 is 1.96 bits per heavy atom. The van der Waals surface area contributed by atoms with Crippen LogP contribution in [0.15, 0.2) is 30.6 Å². The average Bonchev–Trinajstić information content (AvgIpc) is 2.89. The van der Waals surface area contributed by atoms with Gasteiger partial charge in [0.25, 0.3) is 0 Å². The van der Waals surface area contributed by atoms with E-state index in [1.165, 1.54) is 19.3 Å². The maximum absolute atomic E-state index is 4.52. The first-order chi connectivity index (χ1) is 12.0. The second kappa shape index (κ2) is 9.44. The second-order valence-electron chi connectivity index (χ2n) is 7.89. The smallest absolute Gasteiger partial charge is 0.0967 e. The van der Waals surface area contributed by atoms with Crippen LogP contribution in [0, 0.1) is 0 Å². The normalized spacial score (nSPS) is 18.4. The monoisotopic (exact) mass is 378 g/mol. The van der Waals surface area contributed by atoms with E-state index in [2.05, 4.69) is 64.6 Å². The van der Waals surface area contributed by atoms with E-state index in [4.69, 9.17) is 0 Å². The van der Waals surface area contributed by atoms with Crippen molar-refractivity contribution in [1.82, 2.24) is 30.2 Å². The van der Waals surface area contributed by atoms with Gasteiger partial charge in [-0.3, -0.25) is 9.88 Å². The molecule has 0 amide bonds. The van der Waals surface area contributed by atoms with Crippen LogP contribution >= 0.6 is 12.4 Å². The fourth-order valence-electron chi connectivity index (χ4n) is 3.29. The molecule has 0 aromatic carbocycles. The van der Waals surface area contributed by atoms with Gasteiger partial charge in [-0.15, -0.1) is 17.5 Å². The zero-order valence-electron chi connectivity index (χ0n) is 16.1. The van der Waals surface area contributed by atoms with Crippen LogP contribution in [0.25, 0.3) is 0 Å². The van der Waals surface area contributed by atoms with Gasteiger partial charge < -0.3 is 5.32 Å². The zero-order chi connectivity index (χ0) is 17.7. The fourth-order valence-corrected chi connectivity index (χ4v) is 3.29. The van der Waals surface area contributed by atoms with E-state index in [0.717, 1.165) is 37.6 Å². The Balaban J connectivity index is 0.00000243. The van der Waals surface area contributed by atoms with Crippen molar-refractivity contribution in [2.24, 2.45) is 0 Å². The maximum atomic E-state index is 4.52. The molecule has 1 saturated heterocycles. The Bertz CT molecular complexity index is 644. The largest absolute Gasteiger partial charge is 0.317 e. The number of hydrogen-bond acceptors (Lipinski definition) is 5. The van der Waals surface area contributed by atoms with Gasteiger partial charge in [0.05, 0.1) is 23.1 Å². The third kappa shape index (κ3) is 5.76. The summed E-state index contributed by atoms with van der Waals surface area (Å²) in [4.78, 5) is 7.04. The Kier molecular flexibility index (Phi) is 7.55. The number of hydrogen-bond donors (Lipinski definition) is 1. The molecular formula is C19H31ClN6. The van der Waals surface area contributed by atoms with Gasteiger partial charge in [-0.2, -0.15) is 0 Å². The number of aromatic nitrogens is 4. The predicted molar refractivity (Wildman–Crippen MR) is 106 cm³/mol. The Labute approximate surface area is 162 Å². The molecule has 1 atom stereocenters. The van der Waals surface area contributed by atoms with Gasteiger partial charge in [-0.25, -0.2) is 4.68 Å². The lowest BCUT2D eigenvalue weighted by molar-refractivity contribution is 0.160. The second-order valence-corrected chi connectivity index (χ2v) is 7.89. The molecule has 0 bridgehead atoms. The standard InChI is InChI=1S/C19H30N6.ClH/c1-19(2,3)25-15-17(22-23-25)14-24(13-16-7-4-5-11-21-16)18-8-6-10-20-12-9-18;/h4-5,7,11,15,18,20H,6,8-10,12-14H2,1-3H3;1H. The summed E-state index contributed by atoms with van der Waals surface area (Å²) in [5.74, 6) is 0. The minimum absolute atomic E-state index is 0. The summed E-state index contributed by atoms with van der Waals surface area (Å²) in [5.41, 5.74) is 2.11. The molecule has 6 nitrogen and oxygen atoms in total. The van der Waals surface area contributed by atoms with E-state index in [1.54, 1.807) is 0 Å². The molecule has 0 radical (unpaired) electrons. The highest BCUT2D eigenvalue weighted by atomic mass is 35.5. The molecule has 1 fully saturated rings. The maximum Gasteiger partial charge on any atom is 0.0967 e. The molecule has 3 heterocycles. The summed E-state index contributed by atoms with van der Waals surface area (Å²) in [6.07, 6.45) is 7.56. The SMILES string of the molecule is CC(C)(C)n1cc(CN(Cc2ccccn2)C2CCCNCC2)nn1.Cl. The molecule has 2 aromatic heterocycles. The fraction of sp³-hybridized carbons (Fsp3) is 0.632. The average molecular weight is 379 g/mol. The van der Waals surface area contributed by atoms with Crippen molar-refractivity contribution in [1.29, 1.82) is 0 Å². The molecule has 0 saturated carbocycles. The van der Waals surface area contributed by atoms with E-state index >= 15 is 0 Å². The van der Waals surface area contributed by atoms with Crippen molar-refractivity contribution in [2.75, 3.05) is 13.1 Å². The van der Waals surface area contributed by atoms with E-state index in [1.807, 2.05) is 16.9 Å². The summed E-state index contributed by atoms with van der Waals surface area (Å²) < 4.78 is 1.95. The minimum atomic E-state index is -0.0384.